The molecular weight excluding hydrogens is 236 g/mol. The molecule has 84 valence electrons. The number of nitrogens with one attached hydrogen (secondary N) is 1. The molecule has 0 spiro atoms. The van der Waals surface area contributed by atoms with E-state index in [9.17, 15) is 0 Å². The van der Waals surface area contributed by atoms with Crippen molar-refractivity contribution in [1.29, 1.82) is 0 Å². The first-order valence-electron chi connectivity index (χ1n) is 4.91. The van der Waals surface area contributed by atoms with Gasteiger partial charge in [-0.25, -0.2) is 4.98 Å². The van der Waals surface area contributed by atoms with Crippen molar-refractivity contribution in [1.82, 2.24) is 9.97 Å². The SMILES string of the molecule is CC(c1ccccc1)c1ncc[nH]1.S=CS. The number of thiol groups is 1. The fraction of sp³-hybridized carbons (Fsp3) is 0.167. The number of rotatable bonds is 2. The molecule has 1 unspecified atom stereocenters. The number of hydrogen-bond donors (Lipinski definition) is 2. The largest absolute Gasteiger partial charge is 0.348 e. The van der Waals surface area contributed by atoms with Crippen LogP contribution in [0, 0.1) is 0 Å². The van der Waals surface area contributed by atoms with Gasteiger partial charge in [-0.05, 0) is 5.56 Å². The molecule has 1 atom stereocenters. The molecule has 1 heterocycles. The highest BCUT2D eigenvalue weighted by Gasteiger charge is 2.08. The van der Waals surface area contributed by atoms with Crippen molar-refractivity contribution in [3.63, 3.8) is 0 Å². The number of aromatic amines is 1. The molecule has 0 saturated heterocycles. The van der Waals surface area contributed by atoms with Crippen molar-refractivity contribution in [2.75, 3.05) is 0 Å². The molecule has 0 aliphatic heterocycles. The van der Waals surface area contributed by atoms with Gasteiger partial charge >= 0.3 is 0 Å². The van der Waals surface area contributed by atoms with Gasteiger partial charge in [-0.2, -0.15) is 0 Å². The first-order valence-corrected chi connectivity index (χ1v) is 5.90. The van der Waals surface area contributed by atoms with E-state index < -0.39 is 0 Å². The number of H-pyrrole nitrogens is 1. The Kier molecular flexibility index (Phi) is 5.82. The van der Waals surface area contributed by atoms with Gasteiger partial charge < -0.3 is 4.98 Å². The van der Waals surface area contributed by atoms with Gasteiger partial charge in [-0.15, -0.1) is 12.6 Å². The van der Waals surface area contributed by atoms with E-state index >= 15 is 0 Å². The summed E-state index contributed by atoms with van der Waals surface area (Å²) in [5.74, 6) is 1.36. The van der Waals surface area contributed by atoms with Crippen LogP contribution in [0.5, 0.6) is 0 Å². The van der Waals surface area contributed by atoms with Crippen LogP contribution >= 0.6 is 24.8 Å². The van der Waals surface area contributed by atoms with Crippen LogP contribution in [0.1, 0.15) is 24.2 Å². The Labute approximate surface area is 107 Å². The summed E-state index contributed by atoms with van der Waals surface area (Å²) in [4.78, 5) is 7.36. The lowest BCUT2D eigenvalue weighted by molar-refractivity contribution is 0.840. The second-order valence-corrected chi connectivity index (χ2v) is 4.06. The summed E-state index contributed by atoms with van der Waals surface area (Å²) in [5, 5.41) is 0. The van der Waals surface area contributed by atoms with Crippen LogP contribution in [0.3, 0.4) is 0 Å². The number of nitrogens with zero attached hydrogens (tertiary/aromatic N) is 1. The number of benzene rings is 1. The summed E-state index contributed by atoms with van der Waals surface area (Å²) in [6.07, 6.45) is 3.64. The monoisotopic (exact) mass is 250 g/mol. The van der Waals surface area contributed by atoms with Crippen molar-refractivity contribution in [3.8, 4) is 0 Å². The molecule has 4 heteroatoms. The molecule has 2 nitrogen and oxygen atoms in total. The minimum atomic E-state index is 0.344. The van der Waals surface area contributed by atoms with Crippen molar-refractivity contribution >= 4 is 29.5 Å². The van der Waals surface area contributed by atoms with Crippen LogP contribution in [-0.4, -0.2) is 14.7 Å². The van der Waals surface area contributed by atoms with Crippen LogP contribution in [-0.2, 0) is 0 Å². The van der Waals surface area contributed by atoms with Gasteiger partial charge in [0.1, 0.15) is 5.82 Å². The summed E-state index contributed by atoms with van der Waals surface area (Å²) < 4.78 is 1.28. The highest BCUT2D eigenvalue weighted by molar-refractivity contribution is 8.08. The molecular formula is C12H14N2S2. The Morgan fingerprint density at radius 1 is 1.38 bits per heavy atom. The first-order chi connectivity index (χ1) is 7.79. The highest BCUT2D eigenvalue weighted by atomic mass is 32.1. The van der Waals surface area contributed by atoms with Crippen LogP contribution in [0.4, 0.5) is 0 Å². The van der Waals surface area contributed by atoms with E-state index in [0.29, 0.717) is 5.92 Å². The van der Waals surface area contributed by atoms with Gasteiger partial charge in [0.2, 0.25) is 0 Å². The molecule has 1 N–H and O–H groups in total. The van der Waals surface area contributed by atoms with Gasteiger partial charge in [0.25, 0.3) is 0 Å². The average molecular weight is 250 g/mol. The lowest BCUT2D eigenvalue weighted by Crippen LogP contribution is -1.97. The van der Waals surface area contributed by atoms with Gasteiger partial charge in [0, 0.05) is 23.0 Å². The van der Waals surface area contributed by atoms with Gasteiger partial charge in [-0.3, -0.25) is 0 Å². The molecule has 0 saturated carbocycles. The highest BCUT2D eigenvalue weighted by Crippen LogP contribution is 2.19. The third-order valence-corrected chi connectivity index (χ3v) is 2.23. The van der Waals surface area contributed by atoms with E-state index in [1.807, 2.05) is 12.3 Å². The number of imidazole rings is 1. The Morgan fingerprint density at radius 2 is 2.00 bits per heavy atom. The Balaban J connectivity index is 0.000000386. The summed E-state index contributed by atoms with van der Waals surface area (Å²) in [5.41, 5.74) is 1.29. The van der Waals surface area contributed by atoms with E-state index in [4.69, 9.17) is 0 Å². The smallest absolute Gasteiger partial charge is 0.113 e. The van der Waals surface area contributed by atoms with E-state index in [0.717, 1.165) is 5.82 Å². The van der Waals surface area contributed by atoms with E-state index in [-0.39, 0.29) is 0 Å². The second kappa shape index (κ2) is 7.19. The third kappa shape index (κ3) is 3.79. The molecule has 0 amide bonds. The lowest BCUT2D eigenvalue weighted by atomic mass is 10.0. The minimum absolute atomic E-state index is 0.344. The molecule has 2 rings (SSSR count). The van der Waals surface area contributed by atoms with Crippen molar-refractivity contribution in [3.05, 3.63) is 54.1 Å². The number of thiocarbonyl (C=S) groups is 1. The van der Waals surface area contributed by atoms with E-state index in [1.165, 1.54) is 10.3 Å². The summed E-state index contributed by atoms with van der Waals surface area (Å²) in [7, 11) is 0. The van der Waals surface area contributed by atoms with Crippen molar-refractivity contribution in [2.24, 2.45) is 0 Å². The van der Waals surface area contributed by atoms with Gasteiger partial charge in [-0.1, -0.05) is 49.5 Å². The fourth-order valence-electron chi connectivity index (χ4n) is 1.41. The quantitative estimate of drug-likeness (QED) is 0.631. The normalized spacial score (nSPS) is 11.1. The van der Waals surface area contributed by atoms with E-state index in [1.54, 1.807) is 6.20 Å². The molecule has 0 radical (unpaired) electrons. The predicted molar refractivity (Wildman–Crippen MR) is 75.2 cm³/mol. The van der Waals surface area contributed by atoms with Crippen molar-refractivity contribution in [2.45, 2.75) is 12.8 Å². The van der Waals surface area contributed by atoms with Gasteiger partial charge in [0.05, 0.1) is 0 Å². The zero-order chi connectivity index (χ0) is 11.8. The Bertz CT molecular complexity index is 398. The molecule has 1 aromatic carbocycles. The topological polar surface area (TPSA) is 28.7 Å². The molecule has 0 fully saturated rings. The standard InChI is InChI=1S/C11H12N2.CH2S2/c1-9(11-12-7-8-13-11)10-5-3-2-4-6-10;2-1-3/h2-9H,1H3,(H,12,13);1H,(H,2,3). The summed E-state index contributed by atoms with van der Waals surface area (Å²) >= 11 is 7.61. The average Bonchev–Trinajstić information content (AvgIpc) is 2.84. The van der Waals surface area contributed by atoms with Crippen LogP contribution in [0.2, 0.25) is 0 Å². The number of hydrogen-bond acceptors (Lipinski definition) is 2. The second-order valence-electron chi connectivity index (χ2n) is 3.21. The molecule has 2 aromatic rings. The molecule has 16 heavy (non-hydrogen) atoms. The van der Waals surface area contributed by atoms with Crippen LogP contribution in [0.15, 0.2) is 42.7 Å². The zero-order valence-corrected chi connectivity index (χ0v) is 10.7. The maximum atomic E-state index is 4.24. The maximum absolute atomic E-state index is 4.24. The van der Waals surface area contributed by atoms with Crippen LogP contribution in [0.25, 0.3) is 0 Å². The van der Waals surface area contributed by atoms with Crippen molar-refractivity contribution < 1.29 is 0 Å². The molecule has 1 aromatic heterocycles. The van der Waals surface area contributed by atoms with E-state index in [2.05, 4.69) is 66.0 Å². The Hall–Kier alpha value is -1.13. The zero-order valence-electron chi connectivity index (χ0n) is 9.00. The summed E-state index contributed by atoms with van der Waals surface area (Å²) in [6.45, 7) is 2.15. The molecule has 0 aliphatic carbocycles. The summed E-state index contributed by atoms with van der Waals surface area (Å²) in [6, 6.07) is 10.4. The van der Waals surface area contributed by atoms with Crippen LogP contribution < -0.4 is 0 Å². The fourth-order valence-corrected chi connectivity index (χ4v) is 1.41. The molecule has 0 bridgehead atoms. The molecule has 0 aliphatic rings. The third-order valence-electron chi connectivity index (χ3n) is 2.23. The Morgan fingerprint density at radius 3 is 2.50 bits per heavy atom. The lowest BCUT2D eigenvalue weighted by Gasteiger charge is -2.07. The van der Waals surface area contributed by atoms with Gasteiger partial charge in [0.15, 0.2) is 0 Å². The predicted octanol–water partition coefficient (Wildman–Crippen LogP) is 3.43. The maximum Gasteiger partial charge on any atom is 0.113 e. The minimum Gasteiger partial charge on any atom is -0.348 e. The first kappa shape index (κ1) is 12.9. The number of aromatic nitrogens is 2.